The molecular weight excluding hydrogens is 149 g/mol. The second-order valence-corrected chi connectivity index (χ2v) is 2.01. The number of rotatable bonds is 2. The lowest BCUT2D eigenvalue weighted by molar-refractivity contribution is 0.0859. The molecule has 0 saturated carbocycles. The van der Waals surface area contributed by atoms with E-state index in [9.17, 15) is 9.28 Å². The molecule has 0 spiro atoms. The number of amides is 1. The molecule has 0 aliphatic rings. The van der Waals surface area contributed by atoms with E-state index in [0.29, 0.717) is 6.54 Å². The van der Waals surface area contributed by atoms with Crippen molar-refractivity contribution in [3.05, 3.63) is 18.0 Å². The van der Waals surface area contributed by atoms with Crippen molar-refractivity contribution in [2.75, 3.05) is 0 Å². The van der Waals surface area contributed by atoms with Crippen molar-refractivity contribution >= 4 is 5.91 Å². The normalized spacial score (nSPS) is 9.64. The largest absolute Gasteiger partial charge is 0.282 e. The van der Waals surface area contributed by atoms with Crippen LogP contribution in [0.3, 0.4) is 0 Å². The number of nitrogens with zero attached hydrogens (tertiary/aromatic N) is 2. The maximum atomic E-state index is 11.5. The molecule has 1 N–H and O–H groups in total. The van der Waals surface area contributed by atoms with Gasteiger partial charge >= 0.3 is 0 Å². The Bertz CT molecular complexity index is 258. The predicted octanol–water partition coefficient (Wildman–Crippen LogP) is 0.517. The fourth-order valence-corrected chi connectivity index (χ4v) is 0.708. The highest BCUT2D eigenvalue weighted by Crippen LogP contribution is 1.96. The second-order valence-electron chi connectivity index (χ2n) is 2.01. The van der Waals surface area contributed by atoms with Crippen LogP contribution in [-0.4, -0.2) is 15.7 Å². The Hall–Kier alpha value is -1.39. The minimum absolute atomic E-state index is 0.231. The Morgan fingerprint density at radius 2 is 2.64 bits per heavy atom. The molecule has 0 fully saturated rings. The highest BCUT2D eigenvalue weighted by atomic mass is 19.2. The molecule has 1 rings (SSSR count). The van der Waals surface area contributed by atoms with Crippen LogP contribution in [0, 0.1) is 0 Å². The Morgan fingerprint density at radius 1 is 1.91 bits per heavy atom. The lowest BCUT2D eigenvalue weighted by Crippen LogP contribution is -2.12. The minimum Gasteiger partial charge on any atom is -0.272 e. The van der Waals surface area contributed by atoms with E-state index in [1.54, 1.807) is 4.68 Å². The van der Waals surface area contributed by atoms with Gasteiger partial charge in [-0.25, -0.2) is 0 Å². The summed E-state index contributed by atoms with van der Waals surface area (Å²) in [6, 6.07) is 0. The number of aromatic nitrogens is 2. The van der Waals surface area contributed by atoms with Crippen molar-refractivity contribution in [2.45, 2.75) is 13.5 Å². The van der Waals surface area contributed by atoms with E-state index in [1.165, 1.54) is 12.4 Å². The smallest absolute Gasteiger partial charge is 0.272 e. The van der Waals surface area contributed by atoms with Crippen molar-refractivity contribution in [3.8, 4) is 0 Å². The van der Waals surface area contributed by atoms with Crippen molar-refractivity contribution < 1.29 is 9.28 Å². The number of hydrogen-bond donors (Lipinski definition) is 1. The van der Waals surface area contributed by atoms with Gasteiger partial charge in [0, 0.05) is 12.7 Å². The molecule has 1 aromatic rings. The first-order valence-electron chi connectivity index (χ1n) is 3.21. The lowest BCUT2D eigenvalue weighted by Gasteiger charge is -1.90. The summed E-state index contributed by atoms with van der Waals surface area (Å²) in [5.41, 5.74) is 1.26. The van der Waals surface area contributed by atoms with Crippen LogP contribution in [0.15, 0.2) is 12.4 Å². The van der Waals surface area contributed by atoms with Gasteiger partial charge in [0.2, 0.25) is 0 Å². The van der Waals surface area contributed by atoms with Gasteiger partial charge in [-0.3, -0.25) is 9.48 Å². The number of hydrogen-bond acceptors (Lipinski definition) is 2. The molecule has 0 aromatic carbocycles. The second kappa shape index (κ2) is 3.14. The molecular formula is C6H8FN3O. The quantitative estimate of drug-likeness (QED) is 0.636. The summed E-state index contributed by atoms with van der Waals surface area (Å²) < 4.78 is 13.1. The molecule has 0 aliphatic heterocycles. The third-order valence-corrected chi connectivity index (χ3v) is 1.31. The summed E-state index contributed by atoms with van der Waals surface area (Å²) in [4.78, 5) is 10.6. The lowest BCUT2D eigenvalue weighted by atomic mass is 10.3. The van der Waals surface area contributed by atoms with E-state index in [2.05, 4.69) is 5.10 Å². The molecule has 1 aromatic heterocycles. The van der Waals surface area contributed by atoms with Crippen LogP contribution >= 0.6 is 0 Å². The molecule has 1 heterocycles. The molecule has 11 heavy (non-hydrogen) atoms. The molecule has 1 amide bonds. The number of nitrogens with one attached hydrogen (secondary N) is 1. The minimum atomic E-state index is -0.760. The number of aryl methyl sites for hydroxylation is 1. The third-order valence-electron chi connectivity index (χ3n) is 1.31. The Morgan fingerprint density at radius 3 is 3.09 bits per heavy atom. The van der Waals surface area contributed by atoms with Crippen LogP contribution in [0.25, 0.3) is 0 Å². The van der Waals surface area contributed by atoms with E-state index >= 15 is 0 Å². The summed E-state index contributed by atoms with van der Waals surface area (Å²) in [7, 11) is 0. The SMILES string of the molecule is CCn1cc(C(=O)NF)cn1. The van der Waals surface area contributed by atoms with Gasteiger partial charge < -0.3 is 0 Å². The van der Waals surface area contributed by atoms with E-state index in [1.807, 2.05) is 6.92 Å². The molecule has 0 bridgehead atoms. The first kappa shape index (κ1) is 7.71. The van der Waals surface area contributed by atoms with Crippen LogP contribution < -0.4 is 5.54 Å². The van der Waals surface area contributed by atoms with Gasteiger partial charge in [0.05, 0.1) is 11.8 Å². The molecule has 0 unspecified atom stereocenters. The summed E-state index contributed by atoms with van der Waals surface area (Å²) in [5, 5.41) is 3.79. The van der Waals surface area contributed by atoms with Crippen molar-refractivity contribution in [2.24, 2.45) is 0 Å². The zero-order valence-electron chi connectivity index (χ0n) is 6.04. The molecule has 0 saturated heterocycles. The molecule has 60 valence electrons. The maximum absolute atomic E-state index is 11.5. The average molecular weight is 157 g/mol. The Balaban J connectivity index is 2.80. The molecule has 4 nitrogen and oxygen atoms in total. The van der Waals surface area contributed by atoms with E-state index in [0.717, 1.165) is 5.54 Å². The molecule has 0 atom stereocenters. The van der Waals surface area contributed by atoms with Crippen LogP contribution in [0.4, 0.5) is 4.48 Å². The van der Waals surface area contributed by atoms with Crippen LogP contribution in [0.2, 0.25) is 0 Å². The highest BCUT2D eigenvalue weighted by molar-refractivity contribution is 5.92. The number of carbonyl (C=O) groups excluding carboxylic acids is 1. The monoisotopic (exact) mass is 157 g/mol. The van der Waals surface area contributed by atoms with Crippen LogP contribution in [0.5, 0.6) is 0 Å². The zero-order chi connectivity index (χ0) is 8.27. The van der Waals surface area contributed by atoms with Crippen molar-refractivity contribution in [1.82, 2.24) is 15.3 Å². The van der Waals surface area contributed by atoms with E-state index in [-0.39, 0.29) is 5.56 Å². The summed E-state index contributed by atoms with van der Waals surface area (Å²) in [6.45, 7) is 2.55. The van der Waals surface area contributed by atoms with Gasteiger partial charge in [-0.1, -0.05) is 4.48 Å². The number of halogens is 1. The summed E-state index contributed by atoms with van der Waals surface area (Å²) in [5.74, 6) is -0.760. The van der Waals surface area contributed by atoms with Gasteiger partial charge in [-0.15, -0.1) is 0 Å². The van der Waals surface area contributed by atoms with Gasteiger partial charge in [-0.2, -0.15) is 10.6 Å². The summed E-state index contributed by atoms with van der Waals surface area (Å²) in [6.07, 6.45) is 2.80. The van der Waals surface area contributed by atoms with Gasteiger partial charge in [0.1, 0.15) is 0 Å². The summed E-state index contributed by atoms with van der Waals surface area (Å²) >= 11 is 0. The van der Waals surface area contributed by atoms with Crippen molar-refractivity contribution in [1.29, 1.82) is 0 Å². The predicted molar refractivity (Wildman–Crippen MR) is 36.5 cm³/mol. The molecule has 0 aliphatic carbocycles. The fraction of sp³-hybridized carbons (Fsp3) is 0.333. The van der Waals surface area contributed by atoms with E-state index in [4.69, 9.17) is 0 Å². The fourth-order valence-electron chi connectivity index (χ4n) is 0.708. The number of carbonyl (C=O) groups is 1. The van der Waals surface area contributed by atoms with Gasteiger partial charge in [0.25, 0.3) is 5.91 Å². The topological polar surface area (TPSA) is 46.9 Å². The highest BCUT2D eigenvalue weighted by Gasteiger charge is 2.05. The van der Waals surface area contributed by atoms with Crippen LogP contribution in [-0.2, 0) is 6.54 Å². The Kier molecular flexibility index (Phi) is 2.20. The first-order chi connectivity index (χ1) is 5.27. The first-order valence-corrected chi connectivity index (χ1v) is 3.21. The van der Waals surface area contributed by atoms with Gasteiger partial charge in [0.15, 0.2) is 0 Å². The molecule has 0 radical (unpaired) electrons. The standard InChI is InChI=1S/C6H8FN3O/c1-2-10-4-5(3-8-10)6(11)9-7/h3-4H,2H2,1H3,(H,9,11). The maximum Gasteiger partial charge on any atom is 0.282 e. The Labute approximate surface area is 62.9 Å². The van der Waals surface area contributed by atoms with Crippen molar-refractivity contribution in [3.63, 3.8) is 0 Å². The van der Waals surface area contributed by atoms with Crippen LogP contribution in [0.1, 0.15) is 17.3 Å². The third kappa shape index (κ3) is 1.54. The van der Waals surface area contributed by atoms with Gasteiger partial charge in [-0.05, 0) is 6.92 Å². The molecule has 5 heteroatoms. The average Bonchev–Trinajstić information content (AvgIpc) is 2.50. The zero-order valence-corrected chi connectivity index (χ0v) is 6.04. The van der Waals surface area contributed by atoms with E-state index < -0.39 is 5.91 Å².